The van der Waals surface area contributed by atoms with Crippen molar-refractivity contribution in [2.45, 2.75) is 24.3 Å². The van der Waals surface area contributed by atoms with Crippen molar-refractivity contribution in [1.29, 1.82) is 0 Å². The Morgan fingerprint density at radius 2 is 1.83 bits per heavy atom. The van der Waals surface area contributed by atoms with Gasteiger partial charge in [-0.05, 0) is 30.2 Å². The van der Waals surface area contributed by atoms with Gasteiger partial charge in [-0.15, -0.1) is 0 Å². The van der Waals surface area contributed by atoms with Crippen LogP contribution in [0.5, 0.6) is 11.6 Å². The summed E-state index contributed by atoms with van der Waals surface area (Å²) in [4.78, 5) is 9.08. The van der Waals surface area contributed by atoms with Crippen LogP contribution in [0.1, 0.15) is 18.2 Å². The summed E-state index contributed by atoms with van der Waals surface area (Å²) in [6, 6.07) is 19.4. The fraction of sp³-hybridized carbons (Fsp3) is 0.158. The van der Waals surface area contributed by atoms with Crippen LogP contribution in [0, 0.1) is 0 Å². The van der Waals surface area contributed by atoms with Gasteiger partial charge >= 0.3 is 0 Å². The molecule has 3 rings (SSSR count). The third-order valence-corrected chi connectivity index (χ3v) is 4.48. The lowest BCUT2D eigenvalue weighted by Crippen LogP contribution is -1.97. The van der Waals surface area contributed by atoms with Crippen LogP contribution in [0.4, 0.5) is 0 Å². The second-order valence-corrected chi connectivity index (χ2v) is 6.55. The Morgan fingerprint density at radius 3 is 2.58 bits per heavy atom. The van der Waals surface area contributed by atoms with Crippen LogP contribution >= 0.6 is 23.4 Å². The summed E-state index contributed by atoms with van der Waals surface area (Å²) in [5, 5.41) is 1.35. The minimum atomic E-state index is 0.541. The van der Waals surface area contributed by atoms with E-state index in [9.17, 15) is 0 Å². The van der Waals surface area contributed by atoms with E-state index in [-0.39, 0.29) is 0 Å². The monoisotopic (exact) mass is 356 g/mol. The molecule has 2 aromatic carbocycles. The third-order valence-electron chi connectivity index (χ3n) is 3.33. The van der Waals surface area contributed by atoms with Crippen LogP contribution in [0.3, 0.4) is 0 Å². The highest BCUT2D eigenvalue weighted by atomic mass is 35.5. The molecule has 0 spiro atoms. The van der Waals surface area contributed by atoms with E-state index >= 15 is 0 Å². The molecule has 0 unspecified atom stereocenters. The first-order valence-electron chi connectivity index (χ1n) is 7.71. The van der Waals surface area contributed by atoms with Crippen LogP contribution in [0.25, 0.3) is 0 Å². The largest absolute Gasteiger partial charge is 0.439 e. The van der Waals surface area contributed by atoms with Crippen molar-refractivity contribution in [1.82, 2.24) is 9.97 Å². The first kappa shape index (κ1) is 16.8. The number of hydrogen-bond donors (Lipinski definition) is 0. The molecule has 0 fully saturated rings. The summed E-state index contributed by atoms with van der Waals surface area (Å²) in [6.45, 7) is 2.07. The molecule has 0 amide bonds. The van der Waals surface area contributed by atoms with E-state index in [1.54, 1.807) is 17.8 Å². The van der Waals surface area contributed by atoms with Gasteiger partial charge in [0.15, 0.2) is 5.16 Å². The van der Waals surface area contributed by atoms with Crippen molar-refractivity contribution in [2.24, 2.45) is 0 Å². The minimum absolute atomic E-state index is 0.541. The highest BCUT2D eigenvalue weighted by molar-refractivity contribution is 7.98. The average molecular weight is 357 g/mol. The Bertz CT molecular complexity index is 811. The number of benzene rings is 2. The van der Waals surface area contributed by atoms with Crippen LogP contribution in [0.15, 0.2) is 65.8 Å². The molecule has 5 heteroatoms. The van der Waals surface area contributed by atoms with Crippen molar-refractivity contribution in [3.8, 4) is 11.6 Å². The summed E-state index contributed by atoms with van der Waals surface area (Å²) in [5.41, 5.74) is 2.20. The molecule has 24 heavy (non-hydrogen) atoms. The fourth-order valence-electron chi connectivity index (χ4n) is 2.12. The third kappa shape index (κ3) is 4.73. The van der Waals surface area contributed by atoms with Gasteiger partial charge in [0.1, 0.15) is 5.75 Å². The maximum Gasteiger partial charge on any atom is 0.223 e. The van der Waals surface area contributed by atoms with Crippen molar-refractivity contribution >= 4 is 23.4 Å². The molecule has 0 aliphatic heterocycles. The highest BCUT2D eigenvalue weighted by Gasteiger charge is 2.07. The Kier molecular flexibility index (Phi) is 5.72. The van der Waals surface area contributed by atoms with E-state index in [2.05, 4.69) is 29.0 Å². The molecule has 0 aliphatic carbocycles. The van der Waals surface area contributed by atoms with E-state index in [0.29, 0.717) is 16.7 Å². The van der Waals surface area contributed by atoms with Gasteiger partial charge in [-0.1, -0.05) is 66.7 Å². The second kappa shape index (κ2) is 8.18. The molecule has 1 heterocycles. The molecule has 0 aliphatic rings. The van der Waals surface area contributed by atoms with E-state index in [4.69, 9.17) is 16.3 Å². The molecule has 3 aromatic rings. The van der Waals surface area contributed by atoms with E-state index < -0.39 is 0 Å². The lowest BCUT2D eigenvalue weighted by molar-refractivity contribution is 0.454. The normalized spacial score (nSPS) is 10.6. The van der Waals surface area contributed by atoms with Crippen LogP contribution in [-0.2, 0) is 12.2 Å². The van der Waals surface area contributed by atoms with Crippen molar-refractivity contribution < 1.29 is 4.74 Å². The SMILES string of the molecule is CCc1cc(Oc2cccc(Cl)c2)nc(SCc2ccccc2)n1. The second-order valence-electron chi connectivity index (χ2n) is 5.17. The maximum atomic E-state index is 6.00. The Morgan fingerprint density at radius 1 is 1.00 bits per heavy atom. The first-order chi connectivity index (χ1) is 11.7. The number of hydrogen-bond acceptors (Lipinski definition) is 4. The van der Waals surface area contributed by atoms with Crippen LogP contribution < -0.4 is 4.74 Å². The zero-order valence-electron chi connectivity index (χ0n) is 13.3. The highest BCUT2D eigenvalue weighted by Crippen LogP contribution is 2.26. The van der Waals surface area contributed by atoms with Gasteiger partial charge in [-0.2, -0.15) is 4.98 Å². The zero-order chi connectivity index (χ0) is 16.8. The lowest BCUT2D eigenvalue weighted by Gasteiger charge is -2.09. The summed E-state index contributed by atoms with van der Waals surface area (Å²) < 4.78 is 5.85. The summed E-state index contributed by atoms with van der Waals surface area (Å²) in [7, 11) is 0. The number of aryl methyl sites for hydroxylation is 1. The minimum Gasteiger partial charge on any atom is -0.439 e. The maximum absolute atomic E-state index is 6.00. The molecule has 122 valence electrons. The number of aromatic nitrogens is 2. The molecule has 0 radical (unpaired) electrons. The summed E-state index contributed by atoms with van der Waals surface area (Å²) in [5.74, 6) is 2.03. The van der Waals surface area contributed by atoms with Gasteiger partial charge < -0.3 is 4.74 Å². The average Bonchev–Trinajstić information content (AvgIpc) is 2.61. The van der Waals surface area contributed by atoms with Gasteiger partial charge in [-0.3, -0.25) is 0 Å². The molecule has 0 bridgehead atoms. The lowest BCUT2D eigenvalue weighted by atomic mass is 10.2. The Labute approximate surface area is 151 Å². The van der Waals surface area contributed by atoms with Crippen LogP contribution in [-0.4, -0.2) is 9.97 Å². The number of halogens is 1. The zero-order valence-corrected chi connectivity index (χ0v) is 14.8. The number of rotatable bonds is 6. The molecule has 0 atom stereocenters. The summed E-state index contributed by atoms with van der Waals surface area (Å²) in [6.07, 6.45) is 0.827. The first-order valence-corrected chi connectivity index (χ1v) is 9.07. The van der Waals surface area contributed by atoms with Gasteiger partial charge in [0.05, 0.1) is 0 Å². The van der Waals surface area contributed by atoms with Crippen molar-refractivity contribution in [3.63, 3.8) is 0 Å². The van der Waals surface area contributed by atoms with Gasteiger partial charge in [0.2, 0.25) is 5.88 Å². The fourth-order valence-corrected chi connectivity index (χ4v) is 3.13. The number of thioether (sulfide) groups is 1. The summed E-state index contributed by atoms with van der Waals surface area (Å²) >= 11 is 7.60. The van der Waals surface area contributed by atoms with Crippen molar-refractivity contribution in [3.05, 3.63) is 76.9 Å². The molecular formula is C19H17ClN2OS. The number of ether oxygens (including phenoxy) is 1. The predicted molar refractivity (Wildman–Crippen MR) is 98.9 cm³/mol. The van der Waals surface area contributed by atoms with Gasteiger partial charge in [0, 0.05) is 22.5 Å². The Balaban J connectivity index is 1.77. The molecular weight excluding hydrogens is 340 g/mol. The van der Waals surface area contributed by atoms with E-state index in [0.717, 1.165) is 23.0 Å². The molecule has 0 saturated carbocycles. The van der Waals surface area contributed by atoms with Crippen molar-refractivity contribution in [2.75, 3.05) is 0 Å². The predicted octanol–water partition coefficient (Wildman–Crippen LogP) is 5.78. The molecule has 0 N–H and O–H groups in total. The molecule has 0 saturated heterocycles. The Hall–Kier alpha value is -2.04. The van der Waals surface area contributed by atoms with Crippen LogP contribution in [0.2, 0.25) is 5.02 Å². The van der Waals surface area contributed by atoms with E-state index in [1.165, 1.54) is 5.56 Å². The topological polar surface area (TPSA) is 35.0 Å². The molecule has 3 nitrogen and oxygen atoms in total. The van der Waals surface area contributed by atoms with Gasteiger partial charge in [0.25, 0.3) is 0 Å². The standard InChI is InChI=1S/C19H17ClN2OS/c1-2-16-12-18(23-17-10-6-9-15(20)11-17)22-19(21-16)24-13-14-7-4-3-5-8-14/h3-12H,2,13H2,1H3. The van der Waals surface area contributed by atoms with E-state index in [1.807, 2.05) is 42.5 Å². The molecule has 1 aromatic heterocycles. The smallest absolute Gasteiger partial charge is 0.223 e. The van der Waals surface area contributed by atoms with Gasteiger partial charge in [-0.25, -0.2) is 4.98 Å². The number of nitrogens with zero attached hydrogens (tertiary/aromatic N) is 2. The quantitative estimate of drug-likeness (QED) is 0.414.